The second kappa shape index (κ2) is 3.94. The molecule has 0 aromatic carbocycles. The minimum Gasteiger partial charge on any atom is -0.344 e. The molecule has 0 aromatic heterocycles. The molecule has 0 atom stereocenters. The Bertz CT molecular complexity index is 269. The molecule has 1 nitrogen and oxygen atoms in total. The van der Waals surface area contributed by atoms with Gasteiger partial charge in [0.2, 0.25) is 0 Å². The molecule has 0 unspecified atom stereocenters. The van der Waals surface area contributed by atoms with E-state index in [-0.39, 0.29) is 5.41 Å². The third-order valence-corrected chi connectivity index (χ3v) is 2.83. The first-order valence-electron chi connectivity index (χ1n) is 5.36. The molecule has 14 heavy (non-hydrogen) atoms. The van der Waals surface area contributed by atoms with Gasteiger partial charge < -0.3 is 4.81 Å². The Morgan fingerprint density at radius 3 is 2.29 bits per heavy atom. The maximum atomic E-state index is 2.41. The van der Waals surface area contributed by atoms with E-state index < -0.39 is 0 Å². The first kappa shape index (κ1) is 11.6. The molecule has 78 valence electrons. The van der Waals surface area contributed by atoms with E-state index in [0.29, 0.717) is 6.85 Å². The van der Waals surface area contributed by atoms with E-state index in [9.17, 15) is 0 Å². The van der Waals surface area contributed by atoms with Gasteiger partial charge in [0, 0.05) is 0 Å². The van der Waals surface area contributed by atoms with Crippen LogP contribution in [0.15, 0.2) is 23.2 Å². The van der Waals surface area contributed by atoms with Gasteiger partial charge in [-0.3, -0.25) is 0 Å². The van der Waals surface area contributed by atoms with Crippen molar-refractivity contribution in [1.29, 1.82) is 0 Å². The molecule has 0 saturated carbocycles. The van der Waals surface area contributed by atoms with E-state index in [2.05, 4.69) is 58.7 Å². The fourth-order valence-electron chi connectivity index (χ4n) is 1.77. The molecule has 0 spiro atoms. The topological polar surface area (TPSA) is 3.24 Å². The van der Waals surface area contributed by atoms with Crippen molar-refractivity contribution in [2.75, 3.05) is 14.1 Å². The Hall–Kier alpha value is -0.495. The first-order chi connectivity index (χ1) is 6.30. The SMILES string of the molecule is CC1=CC(C(C)(C)C)=CB(N(C)C)C1. The third kappa shape index (κ3) is 2.75. The van der Waals surface area contributed by atoms with Crippen molar-refractivity contribution in [1.82, 2.24) is 4.81 Å². The van der Waals surface area contributed by atoms with Gasteiger partial charge >= 0.3 is 0 Å². The van der Waals surface area contributed by atoms with Crippen molar-refractivity contribution in [2.24, 2.45) is 5.41 Å². The molecule has 1 rings (SSSR count). The number of allylic oxidation sites excluding steroid dienone is 3. The van der Waals surface area contributed by atoms with Crippen LogP contribution in [0.25, 0.3) is 0 Å². The standard InChI is InChI=1S/C12H22BN/c1-10-7-11(12(2,3)4)9-13(8-10)14(5)6/h7,9H,8H2,1-6H3. The van der Waals surface area contributed by atoms with E-state index >= 15 is 0 Å². The molecular formula is C12H22BN. The molecule has 2 heteroatoms. The minimum absolute atomic E-state index is 0.274. The highest BCUT2D eigenvalue weighted by Gasteiger charge is 2.24. The number of hydrogen-bond acceptors (Lipinski definition) is 1. The normalized spacial score (nSPS) is 18.4. The maximum absolute atomic E-state index is 2.41. The Kier molecular flexibility index (Phi) is 3.26. The molecule has 0 aromatic rings. The van der Waals surface area contributed by atoms with E-state index in [1.54, 1.807) is 0 Å². The van der Waals surface area contributed by atoms with E-state index in [4.69, 9.17) is 0 Å². The monoisotopic (exact) mass is 191 g/mol. The largest absolute Gasteiger partial charge is 0.344 e. The van der Waals surface area contributed by atoms with Crippen LogP contribution >= 0.6 is 0 Å². The summed E-state index contributed by atoms with van der Waals surface area (Å²) in [5, 5.41) is 0. The second-order valence-electron chi connectivity index (χ2n) is 5.60. The van der Waals surface area contributed by atoms with Crippen LogP contribution in [0.3, 0.4) is 0 Å². The predicted molar refractivity (Wildman–Crippen MR) is 65.5 cm³/mol. The van der Waals surface area contributed by atoms with Crippen molar-refractivity contribution in [3.63, 3.8) is 0 Å². The highest BCUT2D eigenvalue weighted by atomic mass is 15.0. The van der Waals surface area contributed by atoms with Crippen LogP contribution in [0.1, 0.15) is 27.7 Å². The van der Waals surface area contributed by atoms with Gasteiger partial charge in [-0.25, -0.2) is 0 Å². The molecule has 0 fully saturated rings. The number of rotatable bonds is 1. The number of hydrogen-bond donors (Lipinski definition) is 0. The zero-order chi connectivity index (χ0) is 10.9. The van der Waals surface area contributed by atoms with Gasteiger partial charge in [-0.15, -0.1) is 0 Å². The fraction of sp³-hybridized carbons (Fsp3) is 0.667. The molecule has 0 N–H and O–H groups in total. The Balaban J connectivity index is 2.94. The summed E-state index contributed by atoms with van der Waals surface area (Å²) in [5.41, 5.74) is 3.24. The minimum atomic E-state index is 0.274. The average molecular weight is 191 g/mol. The van der Waals surface area contributed by atoms with Gasteiger partial charge in [0.25, 0.3) is 6.85 Å². The first-order valence-corrected chi connectivity index (χ1v) is 5.36. The molecule has 0 saturated heterocycles. The lowest BCUT2D eigenvalue weighted by Gasteiger charge is -2.29. The summed E-state index contributed by atoms with van der Waals surface area (Å²) in [6, 6.07) is 0. The van der Waals surface area contributed by atoms with Crippen molar-refractivity contribution in [3.8, 4) is 0 Å². The molecule has 0 bridgehead atoms. The Morgan fingerprint density at radius 1 is 1.29 bits per heavy atom. The second-order valence-corrected chi connectivity index (χ2v) is 5.60. The average Bonchev–Trinajstić information content (AvgIpc) is 2.01. The summed E-state index contributed by atoms with van der Waals surface area (Å²) in [4.78, 5) is 2.29. The quantitative estimate of drug-likeness (QED) is 0.576. The lowest BCUT2D eigenvalue weighted by molar-refractivity contribution is 0.515. The summed E-state index contributed by atoms with van der Waals surface area (Å²) < 4.78 is 0. The highest BCUT2D eigenvalue weighted by molar-refractivity contribution is 6.62. The Morgan fingerprint density at radius 2 is 1.86 bits per heavy atom. The van der Waals surface area contributed by atoms with Gasteiger partial charge in [0.05, 0.1) is 0 Å². The van der Waals surface area contributed by atoms with Gasteiger partial charge in [-0.05, 0) is 32.8 Å². The van der Waals surface area contributed by atoms with E-state index in [1.165, 1.54) is 17.5 Å². The summed E-state index contributed by atoms with van der Waals surface area (Å²) in [5.74, 6) is 2.41. The third-order valence-electron chi connectivity index (χ3n) is 2.83. The summed E-state index contributed by atoms with van der Waals surface area (Å²) >= 11 is 0. The molecule has 1 aliphatic rings. The zero-order valence-corrected chi connectivity index (χ0v) is 10.4. The van der Waals surface area contributed by atoms with Crippen LogP contribution in [0.4, 0.5) is 0 Å². The summed E-state index contributed by atoms with van der Waals surface area (Å²) in [6.45, 7) is 9.64. The van der Waals surface area contributed by atoms with Crippen molar-refractivity contribution < 1.29 is 0 Å². The fourth-order valence-corrected chi connectivity index (χ4v) is 1.77. The summed E-state index contributed by atoms with van der Waals surface area (Å²) in [7, 11) is 4.31. The maximum Gasteiger partial charge on any atom is 0.254 e. The van der Waals surface area contributed by atoms with Crippen LogP contribution < -0.4 is 0 Å². The molecule has 1 heterocycles. The summed E-state index contributed by atoms with van der Waals surface area (Å²) in [6.07, 6.45) is 3.52. The lowest BCUT2D eigenvalue weighted by Crippen LogP contribution is -2.34. The smallest absolute Gasteiger partial charge is 0.254 e. The Labute approximate surface area is 89.0 Å². The van der Waals surface area contributed by atoms with Crippen LogP contribution in [0.5, 0.6) is 0 Å². The molecule has 0 aliphatic carbocycles. The highest BCUT2D eigenvalue weighted by Crippen LogP contribution is 2.31. The van der Waals surface area contributed by atoms with E-state index in [0.717, 1.165) is 0 Å². The predicted octanol–water partition coefficient (Wildman–Crippen LogP) is 3.01. The van der Waals surface area contributed by atoms with Gasteiger partial charge in [0.15, 0.2) is 0 Å². The molecule has 0 amide bonds. The zero-order valence-electron chi connectivity index (χ0n) is 10.4. The van der Waals surface area contributed by atoms with Gasteiger partial charge in [-0.1, -0.05) is 44.0 Å². The van der Waals surface area contributed by atoms with Crippen LogP contribution in [-0.2, 0) is 0 Å². The van der Waals surface area contributed by atoms with Crippen molar-refractivity contribution in [2.45, 2.75) is 34.0 Å². The van der Waals surface area contributed by atoms with Crippen LogP contribution in [0, 0.1) is 5.41 Å². The van der Waals surface area contributed by atoms with Gasteiger partial charge in [0.1, 0.15) is 0 Å². The van der Waals surface area contributed by atoms with Crippen LogP contribution in [-0.4, -0.2) is 25.8 Å². The van der Waals surface area contributed by atoms with E-state index in [1.807, 2.05) is 0 Å². The molecular weight excluding hydrogens is 169 g/mol. The van der Waals surface area contributed by atoms with Crippen LogP contribution in [0.2, 0.25) is 6.32 Å². The number of nitrogens with zero attached hydrogens (tertiary/aromatic N) is 1. The van der Waals surface area contributed by atoms with Crippen molar-refractivity contribution in [3.05, 3.63) is 23.2 Å². The van der Waals surface area contributed by atoms with Gasteiger partial charge in [-0.2, -0.15) is 0 Å². The molecule has 1 aliphatic heterocycles. The lowest BCUT2D eigenvalue weighted by atomic mass is 9.51. The molecule has 0 radical (unpaired) electrons. The van der Waals surface area contributed by atoms with Crippen molar-refractivity contribution >= 4 is 6.85 Å².